The minimum Gasteiger partial charge on any atom is -0.444 e. The van der Waals surface area contributed by atoms with Gasteiger partial charge >= 0.3 is 6.09 Å². The lowest BCUT2D eigenvalue weighted by atomic mass is 9.88. The van der Waals surface area contributed by atoms with Crippen LogP contribution in [0.5, 0.6) is 0 Å². The molecule has 1 atom stereocenters. The molecule has 0 bridgehead atoms. The summed E-state index contributed by atoms with van der Waals surface area (Å²) >= 11 is 0. The summed E-state index contributed by atoms with van der Waals surface area (Å²) in [5.41, 5.74) is 4.85. The first kappa shape index (κ1) is 33.1. The number of alkyl carbamates (subject to hydrolysis) is 1. The van der Waals surface area contributed by atoms with E-state index in [1.54, 1.807) is 18.0 Å². The van der Waals surface area contributed by atoms with Crippen molar-refractivity contribution in [1.29, 1.82) is 0 Å². The van der Waals surface area contributed by atoms with Gasteiger partial charge in [-0.25, -0.2) is 13.7 Å². The van der Waals surface area contributed by atoms with Crippen LogP contribution in [0.15, 0.2) is 36.5 Å². The molecule has 3 fully saturated rings. The molecule has 1 aromatic carbocycles. The fraction of sp³-hybridized carbons (Fsp3) is 0.526. The van der Waals surface area contributed by atoms with Crippen LogP contribution in [0.1, 0.15) is 93.6 Å². The molecule has 3 aliphatic rings. The molecular weight excluding hydrogens is 623 g/mol. The maximum atomic E-state index is 16.0. The van der Waals surface area contributed by atoms with E-state index in [1.165, 1.54) is 34.5 Å². The molecule has 260 valence electrons. The number of aryl methyl sites for hydroxylation is 1. The van der Waals surface area contributed by atoms with E-state index in [0.29, 0.717) is 42.6 Å². The summed E-state index contributed by atoms with van der Waals surface area (Å²) in [7, 11) is 0. The fourth-order valence-corrected chi connectivity index (χ4v) is 7.70. The van der Waals surface area contributed by atoms with E-state index >= 15 is 4.39 Å². The lowest BCUT2D eigenvalue weighted by molar-refractivity contribution is -0.129. The Morgan fingerprint density at radius 3 is 2.45 bits per heavy atom. The fourth-order valence-electron chi connectivity index (χ4n) is 7.70. The van der Waals surface area contributed by atoms with E-state index in [9.17, 15) is 14.4 Å². The number of pyridine rings is 1. The van der Waals surface area contributed by atoms with Crippen molar-refractivity contribution >= 4 is 34.3 Å². The van der Waals surface area contributed by atoms with Crippen LogP contribution in [-0.4, -0.2) is 79.7 Å². The third kappa shape index (κ3) is 6.76. The normalized spacial score (nSPS) is 19.1. The van der Waals surface area contributed by atoms with E-state index in [4.69, 9.17) is 9.84 Å². The molecule has 3 amide bonds. The Morgan fingerprint density at radius 1 is 1.00 bits per heavy atom. The number of aromatic nitrogens is 3. The van der Waals surface area contributed by atoms with Gasteiger partial charge in [-0.15, -0.1) is 0 Å². The highest BCUT2D eigenvalue weighted by molar-refractivity contribution is 5.95. The number of benzene rings is 1. The lowest BCUT2D eigenvalue weighted by Crippen LogP contribution is -2.50. The molecule has 5 heterocycles. The van der Waals surface area contributed by atoms with E-state index in [0.717, 1.165) is 55.5 Å². The summed E-state index contributed by atoms with van der Waals surface area (Å²) in [4.78, 5) is 41.7. The van der Waals surface area contributed by atoms with Gasteiger partial charge in [0.25, 0.3) is 5.91 Å². The number of nitrogens with one attached hydrogen (secondary N) is 1. The van der Waals surface area contributed by atoms with Crippen molar-refractivity contribution in [2.75, 3.05) is 26.2 Å². The van der Waals surface area contributed by atoms with E-state index in [2.05, 4.69) is 34.1 Å². The number of hydrogen-bond donors (Lipinski definition) is 1. The highest BCUT2D eigenvalue weighted by Crippen LogP contribution is 2.41. The maximum absolute atomic E-state index is 16.0. The predicted octanol–water partition coefficient (Wildman–Crippen LogP) is 6.67. The summed E-state index contributed by atoms with van der Waals surface area (Å²) in [6, 6.07) is 9.72. The third-order valence-corrected chi connectivity index (χ3v) is 10.3. The van der Waals surface area contributed by atoms with Crippen LogP contribution in [0, 0.1) is 18.7 Å². The van der Waals surface area contributed by atoms with Crippen molar-refractivity contribution in [2.24, 2.45) is 5.92 Å². The summed E-state index contributed by atoms with van der Waals surface area (Å²) in [5.74, 6) is 0.283. The Labute approximate surface area is 286 Å². The standard InChI is InChI=1S/C38H47FN6O4/c1-23-33(32-19-27-8-6-10-30(35(27)44(32)20-25-11-12-25)26-13-16-42(17-14-26)24(2)46)41-45-21-28(18-31(39)34(23)45)36(47)43-15-7-9-29(22-43)40-37(48)49-38(3,4)5/h6,8,10,18-19,21,25-26,29H,7,9,11-17,20,22H2,1-5H3,(H,40,48). The minimum atomic E-state index is -0.620. The topological polar surface area (TPSA) is 101 Å². The van der Waals surface area contributed by atoms with E-state index in [-0.39, 0.29) is 23.4 Å². The average Bonchev–Trinajstić information content (AvgIpc) is 3.71. The molecule has 2 aliphatic heterocycles. The molecule has 0 radical (unpaired) electrons. The first-order valence-corrected chi connectivity index (χ1v) is 17.7. The summed E-state index contributed by atoms with van der Waals surface area (Å²) in [6.07, 6.45) is 6.78. The highest BCUT2D eigenvalue weighted by atomic mass is 19.1. The Hall–Kier alpha value is -4.41. The number of amides is 3. The van der Waals surface area contributed by atoms with Crippen LogP contribution >= 0.6 is 0 Å². The smallest absolute Gasteiger partial charge is 0.407 e. The zero-order chi connectivity index (χ0) is 34.6. The molecule has 0 spiro atoms. The number of para-hydroxylation sites is 1. The zero-order valence-corrected chi connectivity index (χ0v) is 29.2. The van der Waals surface area contributed by atoms with Crippen molar-refractivity contribution in [3.8, 4) is 11.4 Å². The third-order valence-electron chi connectivity index (χ3n) is 10.3. The Morgan fingerprint density at radius 2 is 1.76 bits per heavy atom. The second kappa shape index (κ2) is 12.8. The summed E-state index contributed by atoms with van der Waals surface area (Å²) in [5, 5.41) is 8.96. The lowest BCUT2D eigenvalue weighted by Gasteiger charge is -2.33. The molecule has 2 saturated heterocycles. The molecule has 11 heteroatoms. The van der Waals surface area contributed by atoms with Gasteiger partial charge in [-0.2, -0.15) is 5.10 Å². The molecule has 1 saturated carbocycles. The number of fused-ring (bicyclic) bond motifs is 2. The Bertz CT molecular complexity index is 1930. The van der Waals surface area contributed by atoms with Gasteiger partial charge in [0.2, 0.25) is 5.91 Å². The number of piperidine rings is 2. The van der Waals surface area contributed by atoms with Crippen LogP contribution in [0.25, 0.3) is 27.8 Å². The van der Waals surface area contributed by atoms with Crippen LogP contribution in [0.2, 0.25) is 0 Å². The van der Waals surface area contributed by atoms with Crippen LogP contribution in [0.3, 0.4) is 0 Å². The van der Waals surface area contributed by atoms with Crippen molar-refractivity contribution < 1.29 is 23.5 Å². The number of ether oxygens (including phenoxy) is 1. The number of hydrogen-bond acceptors (Lipinski definition) is 5. The highest BCUT2D eigenvalue weighted by Gasteiger charge is 2.31. The van der Waals surface area contributed by atoms with E-state index < -0.39 is 17.5 Å². The van der Waals surface area contributed by atoms with Gasteiger partial charge < -0.3 is 24.4 Å². The number of carbonyl (C=O) groups excluding carboxylic acids is 3. The quantitative estimate of drug-likeness (QED) is 0.247. The predicted molar refractivity (Wildman–Crippen MR) is 186 cm³/mol. The second-order valence-electron chi connectivity index (χ2n) is 15.2. The number of likely N-dealkylation sites (tertiary alicyclic amines) is 2. The zero-order valence-electron chi connectivity index (χ0n) is 29.2. The molecule has 3 aromatic heterocycles. The van der Waals surface area contributed by atoms with Gasteiger partial charge in [0.05, 0.1) is 16.8 Å². The minimum absolute atomic E-state index is 0.130. The first-order chi connectivity index (χ1) is 23.4. The Balaban J connectivity index is 1.20. The molecule has 1 N–H and O–H groups in total. The molecule has 4 aromatic rings. The van der Waals surface area contributed by atoms with Gasteiger partial charge in [0, 0.05) is 62.8 Å². The molecule has 10 nitrogen and oxygen atoms in total. The molecule has 1 aliphatic carbocycles. The number of carbonyl (C=O) groups is 3. The van der Waals surface area contributed by atoms with Gasteiger partial charge in [-0.1, -0.05) is 18.2 Å². The molecule has 1 unspecified atom stereocenters. The van der Waals surface area contributed by atoms with Crippen molar-refractivity contribution in [2.45, 2.75) is 97.2 Å². The molecular formula is C38H47FN6O4. The van der Waals surface area contributed by atoms with Crippen molar-refractivity contribution in [1.82, 2.24) is 29.3 Å². The number of halogens is 1. The number of rotatable bonds is 6. The number of nitrogens with zero attached hydrogens (tertiary/aromatic N) is 5. The summed E-state index contributed by atoms with van der Waals surface area (Å²) < 4.78 is 25.3. The van der Waals surface area contributed by atoms with Gasteiger partial charge in [0.1, 0.15) is 22.6 Å². The van der Waals surface area contributed by atoms with Crippen molar-refractivity contribution in [3.05, 3.63) is 59.0 Å². The largest absolute Gasteiger partial charge is 0.444 e. The molecule has 7 rings (SSSR count). The van der Waals surface area contributed by atoms with Gasteiger partial charge in [0.15, 0.2) is 0 Å². The van der Waals surface area contributed by atoms with Gasteiger partial charge in [-0.3, -0.25) is 9.59 Å². The van der Waals surface area contributed by atoms with Crippen LogP contribution < -0.4 is 5.32 Å². The van der Waals surface area contributed by atoms with Crippen LogP contribution in [-0.2, 0) is 16.1 Å². The van der Waals surface area contributed by atoms with Crippen molar-refractivity contribution in [3.63, 3.8) is 0 Å². The van der Waals surface area contributed by atoms with Gasteiger partial charge in [-0.05, 0) is 95.8 Å². The van der Waals surface area contributed by atoms with Crippen LogP contribution in [0.4, 0.5) is 9.18 Å². The summed E-state index contributed by atoms with van der Waals surface area (Å²) in [6.45, 7) is 12.2. The monoisotopic (exact) mass is 670 g/mol. The SMILES string of the molecule is CC(=O)N1CCC(c2cccc3cc(-c4nn5cc(C(=O)N6CCCC(NC(=O)OC(C)(C)C)C6)cc(F)c5c4C)n(CC4CC4)c23)CC1. The second-order valence-corrected chi connectivity index (χ2v) is 15.2. The maximum Gasteiger partial charge on any atom is 0.407 e. The first-order valence-electron chi connectivity index (χ1n) is 17.7. The molecule has 49 heavy (non-hydrogen) atoms. The average molecular weight is 671 g/mol. The van der Waals surface area contributed by atoms with E-state index in [1.807, 2.05) is 32.6 Å². The Kier molecular flexibility index (Phi) is 8.65.